The molecule has 4 aliphatic rings. The molecule has 4 nitrogen and oxygen atoms in total. The van der Waals surface area contributed by atoms with Crippen LogP contribution in [-0.2, 0) is 4.74 Å². The highest BCUT2D eigenvalue weighted by Crippen LogP contribution is 2.43. The summed E-state index contributed by atoms with van der Waals surface area (Å²) in [5.74, 6) is 0.462. The third-order valence-electron chi connectivity index (χ3n) is 5.54. The van der Waals surface area contributed by atoms with E-state index in [1.54, 1.807) is 4.90 Å². The van der Waals surface area contributed by atoms with Crippen molar-refractivity contribution in [3.63, 3.8) is 0 Å². The first-order valence-electron chi connectivity index (χ1n) is 8.05. The Kier molecular flexibility index (Phi) is 2.79. The number of benzene rings is 1. The van der Waals surface area contributed by atoms with Crippen molar-refractivity contribution in [1.29, 1.82) is 0 Å². The van der Waals surface area contributed by atoms with Crippen LogP contribution in [0.4, 0.5) is 14.9 Å². The summed E-state index contributed by atoms with van der Waals surface area (Å²) < 4.78 is 20.2. The van der Waals surface area contributed by atoms with Gasteiger partial charge in [0, 0.05) is 22.8 Å². The van der Waals surface area contributed by atoms with Crippen LogP contribution in [0, 0.1) is 11.0 Å². The number of nitrogens with zero attached hydrogens (tertiary/aromatic N) is 2. The molecule has 0 saturated carbocycles. The van der Waals surface area contributed by atoms with E-state index in [1.807, 2.05) is 18.2 Å². The van der Waals surface area contributed by atoms with Crippen molar-refractivity contribution in [1.82, 2.24) is 4.90 Å². The SMILES string of the molecule is O=C1O[C@]2(CN3CCC2CC3)CN1c1ccc2sc(F)cc2c1. The molecule has 6 rings (SSSR count). The maximum Gasteiger partial charge on any atom is 0.415 e. The molecule has 4 aliphatic heterocycles. The number of anilines is 1. The Morgan fingerprint density at radius 2 is 2.04 bits per heavy atom. The second-order valence-electron chi connectivity index (χ2n) is 6.84. The Morgan fingerprint density at radius 1 is 1.22 bits per heavy atom. The Balaban J connectivity index is 1.49. The van der Waals surface area contributed by atoms with E-state index in [4.69, 9.17) is 4.74 Å². The quantitative estimate of drug-likeness (QED) is 0.802. The predicted octanol–water partition coefficient (Wildman–Crippen LogP) is 3.46. The van der Waals surface area contributed by atoms with E-state index < -0.39 is 0 Å². The molecule has 1 spiro atoms. The largest absolute Gasteiger partial charge is 0.439 e. The molecule has 120 valence electrons. The topological polar surface area (TPSA) is 32.8 Å². The highest BCUT2D eigenvalue weighted by molar-refractivity contribution is 7.17. The van der Waals surface area contributed by atoms with Crippen LogP contribution in [-0.4, -0.2) is 42.8 Å². The molecular formula is C17H17FN2O2S. The average molecular weight is 332 g/mol. The van der Waals surface area contributed by atoms with Crippen molar-refractivity contribution in [2.24, 2.45) is 5.92 Å². The Labute approximate surface area is 137 Å². The van der Waals surface area contributed by atoms with Gasteiger partial charge in [0.1, 0.15) is 5.60 Å². The Hall–Kier alpha value is -1.66. The fourth-order valence-electron chi connectivity index (χ4n) is 4.38. The summed E-state index contributed by atoms with van der Waals surface area (Å²) in [6, 6.07) is 7.18. The molecule has 5 heterocycles. The summed E-state index contributed by atoms with van der Waals surface area (Å²) >= 11 is 1.13. The second-order valence-corrected chi connectivity index (χ2v) is 7.88. The van der Waals surface area contributed by atoms with E-state index in [1.165, 1.54) is 6.07 Å². The summed E-state index contributed by atoms with van der Waals surface area (Å²) in [7, 11) is 0. The molecule has 0 radical (unpaired) electrons. The first kappa shape index (κ1) is 13.7. The summed E-state index contributed by atoms with van der Waals surface area (Å²) in [6.45, 7) is 3.68. The van der Waals surface area contributed by atoms with Crippen LogP contribution in [0.3, 0.4) is 0 Å². The summed E-state index contributed by atoms with van der Waals surface area (Å²) in [5.41, 5.74) is 0.441. The van der Waals surface area contributed by atoms with E-state index in [9.17, 15) is 9.18 Å². The van der Waals surface area contributed by atoms with Crippen molar-refractivity contribution in [2.45, 2.75) is 18.4 Å². The molecule has 4 fully saturated rings. The van der Waals surface area contributed by atoms with Gasteiger partial charge in [-0.25, -0.2) is 4.79 Å². The van der Waals surface area contributed by atoms with Crippen molar-refractivity contribution in [3.8, 4) is 0 Å². The molecule has 0 aliphatic carbocycles. The van der Waals surface area contributed by atoms with Crippen LogP contribution in [0.2, 0.25) is 0 Å². The van der Waals surface area contributed by atoms with Crippen molar-refractivity contribution in [2.75, 3.05) is 31.1 Å². The lowest BCUT2D eigenvalue weighted by atomic mass is 9.75. The van der Waals surface area contributed by atoms with E-state index in [2.05, 4.69) is 4.90 Å². The Bertz CT molecular complexity index is 799. The number of halogens is 1. The number of ether oxygens (including phenoxy) is 1. The summed E-state index contributed by atoms with van der Waals surface area (Å²) in [5, 5.41) is 0.641. The molecule has 1 atom stereocenters. The number of carbonyl (C=O) groups excluding carboxylic acids is 1. The van der Waals surface area contributed by atoms with Crippen LogP contribution in [0.15, 0.2) is 24.3 Å². The second kappa shape index (κ2) is 4.68. The van der Waals surface area contributed by atoms with Crippen LogP contribution in [0.1, 0.15) is 12.8 Å². The van der Waals surface area contributed by atoms with Gasteiger partial charge in [-0.3, -0.25) is 9.80 Å². The number of rotatable bonds is 1. The lowest BCUT2D eigenvalue weighted by molar-refractivity contribution is -0.0881. The third kappa shape index (κ3) is 2.01. The monoisotopic (exact) mass is 332 g/mol. The normalized spacial score (nSPS) is 32.9. The van der Waals surface area contributed by atoms with E-state index in [0.717, 1.165) is 59.6 Å². The number of thiophene rings is 1. The van der Waals surface area contributed by atoms with Gasteiger partial charge in [0.15, 0.2) is 5.13 Å². The molecule has 1 aromatic carbocycles. The van der Waals surface area contributed by atoms with Crippen LogP contribution < -0.4 is 4.90 Å². The Morgan fingerprint density at radius 3 is 2.78 bits per heavy atom. The number of carbonyl (C=O) groups is 1. The smallest absolute Gasteiger partial charge is 0.415 e. The zero-order valence-electron chi connectivity index (χ0n) is 12.6. The molecule has 6 heteroatoms. The maximum absolute atomic E-state index is 13.4. The van der Waals surface area contributed by atoms with Crippen LogP contribution >= 0.6 is 11.3 Å². The first-order chi connectivity index (χ1) is 11.1. The predicted molar refractivity (Wildman–Crippen MR) is 87.5 cm³/mol. The lowest BCUT2D eigenvalue weighted by Gasteiger charge is -2.49. The number of hydrogen-bond donors (Lipinski definition) is 0. The standard InChI is InChI=1S/C17H17FN2O2S/c18-15-8-11-7-13(1-2-14(11)23-15)20-10-17(22-16(20)21)9-19-5-3-12(17)4-6-19/h1-2,7-8,12H,3-6,9-10H2/t17-/m1/s1. The van der Waals surface area contributed by atoms with Crippen LogP contribution in [0.25, 0.3) is 10.1 Å². The van der Waals surface area contributed by atoms with Crippen LogP contribution in [0.5, 0.6) is 0 Å². The molecule has 0 N–H and O–H groups in total. The average Bonchev–Trinajstić information content (AvgIpc) is 3.07. The minimum atomic E-state index is -0.359. The van der Waals surface area contributed by atoms with Gasteiger partial charge in [-0.1, -0.05) is 0 Å². The van der Waals surface area contributed by atoms with E-state index in [0.29, 0.717) is 12.5 Å². The van der Waals surface area contributed by atoms with Gasteiger partial charge in [-0.2, -0.15) is 4.39 Å². The molecule has 0 unspecified atom stereocenters. The number of piperidine rings is 3. The van der Waals surface area contributed by atoms with E-state index >= 15 is 0 Å². The van der Waals surface area contributed by atoms with E-state index in [-0.39, 0.29) is 16.8 Å². The van der Waals surface area contributed by atoms with Gasteiger partial charge in [-0.15, -0.1) is 11.3 Å². The highest BCUT2D eigenvalue weighted by Gasteiger charge is 2.55. The lowest BCUT2D eigenvalue weighted by Crippen LogP contribution is -2.61. The van der Waals surface area contributed by atoms with Crippen molar-refractivity contribution in [3.05, 3.63) is 29.4 Å². The molecule has 23 heavy (non-hydrogen) atoms. The number of hydrogen-bond acceptors (Lipinski definition) is 4. The fraction of sp³-hybridized carbons (Fsp3) is 0.471. The van der Waals surface area contributed by atoms with Gasteiger partial charge < -0.3 is 4.74 Å². The van der Waals surface area contributed by atoms with Crippen molar-refractivity contribution < 1.29 is 13.9 Å². The zero-order chi connectivity index (χ0) is 15.6. The molecule has 2 bridgehead atoms. The van der Waals surface area contributed by atoms with Gasteiger partial charge in [0.25, 0.3) is 0 Å². The summed E-state index contributed by atoms with van der Waals surface area (Å²) in [6.07, 6.45) is 1.94. The maximum atomic E-state index is 13.4. The molecular weight excluding hydrogens is 315 g/mol. The van der Waals surface area contributed by atoms with Gasteiger partial charge in [-0.05, 0) is 55.6 Å². The minimum Gasteiger partial charge on any atom is -0.439 e. The van der Waals surface area contributed by atoms with Gasteiger partial charge in [0.05, 0.1) is 6.54 Å². The van der Waals surface area contributed by atoms with Gasteiger partial charge >= 0.3 is 6.09 Å². The first-order valence-corrected chi connectivity index (χ1v) is 8.87. The number of fused-ring (bicyclic) bond motifs is 3. The molecule has 4 saturated heterocycles. The summed E-state index contributed by atoms with van der Waals surface area (Å²) in [4.78, 5) is 16.6. The molecule has 1 aromatic heterocycles. The highest BCUT2D eigenvalue weighted by atomic mass is 32.1. The minimum absolute atomic E-state index is 0.199. The third-order valence-corrected chi connectivity index (χ3v) is 6.45. The van der Waals surface area contributed by atoms with Gasteiger partial charge in [0.2, 0.25) is 0 Å². The zero-order valence-corrected chi connectivity index (χ0v) is 13.4. The molecule has 1 amide bonds. The fourth-order valence-corrected chi connectivity index (χ4v) is 5.14. The number of amides is 1. The van der Waals surface area contributed by atoms with Crippen molar-refractivity contribution >= 4 is 33.2 Å². The molecule has 2 aromatic rings.